The summed E-state index contributed by atoms with van der Waals surface area (Å²) in [5.74, 6) is -1.05. The number of aromatic hydroxyl groups is 1. The molecule has 1 atom stereocenters. The molecule has 2 N–H and O–H groups in total. The fourth-order valence-electron chi connectivity index (χ4n) is 2.68. The molecule has 10 heteroatoms. The first-order valence-electron chi connectivity index (χ1n) is 9.11. The van der Waals surface area contributed by atoms with Crippen LogP contribution in [0.15, 0.2) is 53.4 Å². The first-order valence-corrected chi connectivity index (χ1v) is 12.2. The van der Waals surface area contributed by atoms with Gasteiger partial charge in [-0.25, -0.2) is 12.7 Å². The molecule has 29 heavy (non-hydrogen) atoms. The molecule has 0 spiro atoms. The van der Waals surface area contributed by atoms with Gasteiger partial charge in [0.15, 0.2) is 5.78 Å². The van der Waals surface area contributed by atoms with E-state index in [1.165, 1.54) is 32.3 Å². The Labute approximate surface area is 172 Å². The summed E-state index contributed by atoms with van der Waals surface area (Å²) in [6, 6.07) is 12.5. The van der Waals surface area contributed by atoms with Crippen LogP contribution >= 0.6 is 7.60 Å². The van der Waals surface area contributed by atoms with E-state index in [-0.39, 0.29) is 23.9 Å². The second-order valence-corrected chi connectivity index (χ2v) is 10.6. The molecule has 0 amide bonds. The molecule has 0 aliphatic rings. The Hall–Kier alpha value is -1.90. The highest BCUT2D eigenvalue weighted by atomic mass is 32.2. The number of benzene rings is 2. The Morgan fingerprint density at radius 1 is 1.03 bits per heavy atom. The van der Waals surface area contributed by atoms with Gasteiger partial charge >= 0.3 is 7.60 Å². The molecule has 2 rings (SSSR count). The topological polar surface area (TPSA) is 105 Å². The van der Waals surface area contributed by atoms with Crippen LogP contribution in [0.5, 0.6) is 5.75 Å². The molecule has 1 unspecified atom stereocenters. The Morgan fingerprint density at radius 3 is 2.07 bits per heavy atom. The summed E-state index contributed by atoms with van der Waals surface area (Å²) in [6.07, 6.45) is 0. The fraction of sp³-hybridized carbons (Fsp3) is 0.368. The van der Waals surface area contributed by atoms with E-state index in [1.807, 2.05) is 0 Å². The van der Waals surface area contributed by atoms with Gasteiger partial charge in [0.05, 0.1) is 18.1 Å². The Balaban J connectivity index is 2.46. The van der Waals surface area contributed by atoms with Crippen molar-refractivity contribution in [2.24, 2.45) is 0 Å². The van der Waals surface area contributed by atoms with Crippen LogP contribution in [0.2, 0.25) is 0 Å². The molecular formula is C19H27N2O6PS. The Bertz CT molecular complexity index is 953. The third-order valence-corrected chi connectivity index (χ3v) is 8.21. The van der Waals surface area contributed by atoms with E-state index < -0.39 is 23.4 Å². The van der Waals surface area contributed by atoms with E-state index in [4.69, 9.17) is 9.05 Å². The van der Waals surface area contributed by atoms with Gasteiger partial charge in [0.2, 0.25) is 10.0 Å². The zero-order chi connectivity index (χ0) is 21.7. The second kappa shape index (κ2) is 9.73. The SMILES string of the molecule is CCOP(=O)(OCC)C(Nc1ccc(S(=O)(=O)N(C)C)cc1)c1ccccc1O. The van der Waals surface area contributed by atoms with Crippen LogP contribution < -0.4 is 5.32 Å². The van der Waals surface area contributed by atoms with Crippen molar-refractivity contribution in [2.75, 3.05) is 32.6 Å². The molecule has 0 saturated heterocycles. The molecule has 0 heterocycles. The number of nitrogens with zero attached hydrogens (tertiary/aromatic N) is 1. The maximum Gasteiger partial charge on any atom is 0.357 e. The van der Waals surface area contributed by atoms with Crippen molar-refractivity contribution < 1.29 is 27.1 Å². The standard InChI is InChI=1S/C19H27N2O6PS/c1-5-26-28(23,27-6-2)19(17-9-7-8-10-18(17)22)20-15-11-13-16(14-12-15)29(24,25)21(3)4/h7-14,19-20,22H,5-6H2,1-4H3. The zero-order valence-corrected chi connectivity index (χ0v) is 18.6. The lowest BCUT2D eigenvalue weighted by atomic mass is 10.2. The zero-order valence-electron chi connectivity index (χ0n) is 16.9. The molecule has 2 aromatic rings. The number of rotatable bonds is 10. The van der Waals surface area contributed by atoms with Crippen molar-refractivity contribution in [3.63, 3.8) is 0 Å². The summed E-state index contributed by atoms with van der Waals surface area (Å²) in [5, 5.41) is 13.4. The van der Waals surface area contributed by atoms with Gasteiger partial charge < -0.3 is 19.5 Å². The number of phenolic OH excluding ortho intramolecular Hbond substituents is 1. The van der Waals surface area contributed by atoms with Gasteiger partial charge in [-0.2, -0.15) is 0 Å². The van der Waals surface area contributed by atoms with Gasteiger partial charge in [-0.1, -0.05) is 18.2 Å². The summed E-state index contributed by atoms with van der Waals surface area (Å²) in [6.45, 7) is 3.72. The minimum absolute atomic E-state index is 0.0589. The first kappa shape index (κ1) is 23.4. The molecule has 8 nitrogen and oxygen atoms in total. The highest BCUT2D eigenvalue weighted by molar-refractivity contribution is 7.89. The Morgan fingerprint density at radius 2 is 1.59 bits per heavy atom. The van der Waals surface area contributed by atoms with Gasteiger partial charge in [0.25, 0.3) is 0 Å². The lowest BCUT2D eigenvalue weighted by Gasteiger charge is -2.28. The van der Waals surface area contributed by atoms with Crippen LogP contribution in [-0.4, -0.2) is 45.1 Å². The van der Waals surface area contributed by atoms with Crippen molar-refractivity contribution >= 4 is 23.3 Å². The summed E-state index contributed by atoms with van der Waals surface area (Å²) >= 11 is 0. The van der Waals surface area contributed by atoms with E-state index in [9.17, 15) is 18.1 Å². The van der Waals surface area contributed by atoms with Crippen molar-refractivity contribution in [3.05, 3.63) is 54.1 Å². The highest BCUT2D eigenvalue weighted by Gasteiger charge is 2.38. The number of anilines is 1. The number of nitrogens with one attached hydrogen (secondary N) is 1. The average molecular weight is 442 g/mol. The van der Waals surface area contributed by atoms with E-state index in [0.29, 0.717) is 11.3 Å². The normalized spacial score (nSPS) is 13.4. The highest BCUT2D eigenvalue weighted by Crippen LogP contribution is 2.61. The molecule has 0 bridgehead atoms. The average Bonchev–Trinajstić information content (AvgIpc) is 2.67. The van der Waals surface area contributed by atoms with Crippen molar-refractivity contribution in [3.8, 4) is 5.75 Å². The van der Waals surface area contributed by atoms with Gasteiger partial charge in [-0.3, -0.25) is 4.57 Å². The lowest BCUT2D eigenvalue weighted by Crippen LogP contribution is -2.22. The smallest absolute Gasteiger partial charge is 0.357 e. The molecule has 0 saturated carbocycles. The molecule has 0 aromatic heterocycles. The minimum atomic E-state index is -3.70. The monoisotopic (exact) mass is 442 g/mol. The van der Waals surface area contributed by atoms with Crippen LogP contribution in [-0.2, 0) is 23.6 Å². The molecule has 0 aliphatic heterocycles. The van der Waals surface area contributed by atoms with Gasteiger partial charge in [0.1, 0.15) is 5.75 Å². The van der Waals surface area contributed by atoms with Crippen molar-refractivity contribution in [1.29, 1.82) is 0 Å². The van der Waals surface area contributed by atoms with Crippen molar-refractivity contribution in [2.45, 2.75) is 24.5 Å². The predicted molar refractivity (Wildman–Crippen MR) is 113 cm³/mol. The van der Waals surface area contributed by atoms with E-state index >= 15 is 0 Å². The molecule has 2 aromatic carbocycles. The van der Waals surface area contributed by atoms with Gasteiger partial charge in [-0.15, -0.1) is 0 Å². The summed E-state index contributed by atoms with van der Waals surface area (Å²) in [4.78, 5) is 0.130. The van der Waals surface area contributed by atoms with Gasteiger partial charge in [0, 0.05) is 25.3 Å². The van der Waals surface area contributed by atoms with E-state index in [2.05, 4.69) is 5.32 Å². The fourth-order valence-corrected chi connectivity index (χ4v) is 5.54. The van der Waals surface area contributed by atoms with E-state index in [1.54, 1.807) is 44.2 Å². The summed E-state index contributed by atoms with van der Waals surface area (Å²) in [7, 11) is -4.36. The Kier molecular flexibility index (Phi) is 7.85. The number of phenols is 1. The number of para-hydroxylation sites is 1. The molecular weight excluding hydrogens is 415 g/mol. The third-order valence-electron chi connectivity index (χ3n) is 4.10. The minimum Gasteiger partial charge on any atom is -0.508 e. The summed E-state index contributed by atoms with van der Waals surface area (Å²) in [5.41, 5.74) is 0.846. The van der Waals surface area contributed by atoms with Gasteiger partial charge in [-0.05, 0) is 44.2 Å². The second-order valence-electron chi connectivity index (χ2n) is 6.29. The molecule has 0 radical (unpaired) electrons. The third kappa shape index (κ3) is 5.38. The summed E-state index contributed by atoms with van der Waals surface area (Å²) < 4.78 is 50.0. The number of hydrogen-bond acceptors (Lipinski definition) is 7. The largest absolute Gasteiger partial charge is 0.508 e. The maximum absolute atomic E-state index is 13.5. The van der Waals surface area contributed by atoms with Crippen LogP contribution in [0.25, 0.3) is 0 Å². The molecule has 0 aliphatic carbocycles. The van der Waals surface area contributed by atoms with E-state index in [0.717, 1.165) is 4.31 Å². The molecule has 160 valence electrons. The number of sulfonamides is 1. The van der Waals surface area contributed by atoms with Crippen LogP contribution in [0.4, 0.5) is 5.69 Å². The number of hydrogen-bond donors (Lipinski definition) is 2. The quantitative estimate of drug-likeness (QED) is 0.536. The van der Waals surface area contributed by atoms with Crippen LogP contribution in [0.3, 0.4) is 0 Å². The molecule has 0 fully saturated rings. The van der Waals surface area contributed by atoms with Crippen LogP contribution in [0, 0.1) is 0 Å². The first-order chi connectivity index (χ1) is 13.7. The van der Waals surface area contributed by atoms with Crippen LogP contribution in [0.1, 0.15) is 25.2 Å². The lowest BCUT2D eigenvalue weighted by molar-refractivity contribution is 0.213. The van der Waals surface area contributed by atoms with Crippen molar-refractivity contribution in [1.82, 2.24) is 4.31 Å². The predicted octanol–water partition coefficient (Wildman–Crippen LogP) is 4.02. The maximum atomic E-state index is 13.5.